The molecule has 0 aliphatic carbocycles. The number of aliphatic hydroxyl groups is 1. The molecular weight excluding hydrogens is 202 g/mol. The zero-order chi connectivity index (χ0) is 10.6. The second-order valence-corrected chi connectivity index (χ2v) is 3.11. The Morgan fingerprint density at radius 2 is 2.43 bits per heavy atom. The van der Waals surface area contributed by atoms with Gasteiger partial charge in [0, 0.05) is 6.54 Å². The summed E-state index contributed by atoms with van der Waals surface area (Å²) in [5, 5.41) is 20.4. The topological polar surface area (TPSA) is 68.9 Å². The first kappa shape index (κ1) is 10.8. The van der Waals surface area contributed by atoms with Gasteiger partial charge in [-0.25, -0.2) is 4.98 Å². The smallest absolute Gasteiger partial charge is 0.149 e. The molecule has 1 rings (SSSR count). The molecule has 1 heterocycles. The highest BCUT2D eigenvalue weighted by molar-refractivity contribution is 6.30. The summed E-state index contributed by atoms with van der Waals surface area (Å²) < 4.78 is 0. The molecule has 74 valence electrons. The monoisotopic (exact) mass is 211 g/mol. The van der Waals surface area contributed by atoms with Gasteiger partial charge in [0.25, 0.3) is 0 Å². The molecule has 0 fully saturated rings. The molecule has 0 radical (unpaired) electrons. The lowest BCUT2D eigenvalue weighted by Crippen LogP contribution is -2.07. The molecule has 0 aromatic carbocycles. The van der Waals surface area contributed by atoms with Crippen LogP contribution >= 0.6 is 11.6 Å². The van der Waals surface area contributed by atoms with Crippen LogP contribution < -0.4 is 5.32 Å². The lowest BCUT2D eigenvalue weighted by atomic mass is 10.2. The first-order chi connectivity index (χ1) is 6.69. The van der Waals surface area contributed by atoms with E-state index in [0.717, 1.165) is 5.56 Å². The van der Waals surface area contributed by atoms with Crippen molar-refractivity contribution in [2.24, 2.45) is 0 Å². The van der Waals surface area contributed by atoms with Crippen molar-refractivity contribution in [3.05, 3.63) is 22.3 Å². The maximum absolute atomic E-state index is 8.73. The zero-order valence-corrected chi connectivity index (χ0v) is 8.47. The third kappa shape index (κ3) is 2.34. The Morgan fingerprint density at radius 1 is 1.71 bits per heavy atom. The molecule has 0 saturated carbocycles. The van der Waals surface area contributed by atoms with Gasteiger partial charge in [0.2, 0.25) is 0 Å². The lowest BCUT2D eigenvalue weighted by Gasteiger charge is -2.06. The number of aromatic nitrogens is 1. The van der Waals surface area contributed by atoms with E-state index in [4.69, 9.17) is 22.0 Å². The van der Waals surface area contributed by atoms with Gasteiger partial charge < -0.3 is 10.4 Å². The standard InChI is InChI=1S/C9H10ClN3O/c1-6-4-8(12-2-3-14)13-9(10)7(6)5-11/h4,14H,2-3H2,1H3,(H,12,13). The van der Waals surface area contributed by atoms with Gasteiger partial charge in [-0.1, -0.05) is 11.6 Å². The number of pyridine rings is 1. The van der Waals surface area contributed by atoms with Crippen molar-refractivity contribution in [2.45, 2.75) is 6.92 Å². The van der Waals surface area contributed by atoms with Crippen molar-refractivity contribution in [3.8, 4) is 6.07 Å². The molecular formula is C9H10ClN3O. The maximum Gasteiger partial charge on any atom is 0.149 e. The van der Waals surface area contributed by atoms with Crippen LogP contribution in [0.25, 0.3) is 0 Å². The lowest BCUT2D eigenvalue weighted by molar-refractivity contribution is 0.311. The molecule has 0 atom stereocenters. The van der Waals surface area contributed by atoms with Gasteiger partial charge in [-0.05, 0) is 18.6 Å². The Hall–Kier alpha value is -1.31. The fraction of sp³-hybridized carbons (Fsp3) is 0.333. The number of rotatable bonds is 3. The van der Waals surface area contributed by atoms with Crippen LogP contribution in [0.15, 0.2) is 6.07 Å². The second-order valence-electron chi connectivity index (χ2n) is 2.75. The Kier molecular flexibility index (Phi) is 3.69. The van der Waals surface area contributed by atoms with Crippen molar-refractivity contribution in [1.82, 2.24) is 4.98 Å². The number of nitrogens with zero attached hydrogens (tertiary/aromatic N) is 2. The number of hydrogen-bond donors (Lipinski definition) is 2. The summed E-state index contributed by atoms with van der Waals surface area (Å²) >= 11 is 5.78. The largest absolute Gasteiger partial charge is 0.395 e. The summed E-state index contributed by atoms with van der Waals surface area (Å²) in [7, 11) is 0. The molecule has 14 heavy (non-hydrogen) atoms. The second kappa shape index (κ2) is 4.80. The molecule has 0 unspecified atom stereocenters. The molecule has 0 spiro atoms. The van der Waals surface area contributed by atoms with E-state index in [-0.39, 0.29) is 11.8 Å². The zero-order valence-electron chi connectivity index (χ0n) is 7.71. The van der Waals surface area contributed by atoms with Crippen LogP contribution in [0, 0.1) is 18.3 Å². The van der Waals surface area contributed by atoms with Gasteiger partial charge in [0.1, 0.15) is 17.0 Å². The molecule has 0 aliphatic rings. The number of aryl methyl sites for hydroxylation is 1. The van der Waals surface area contributed by atoms with E-state index in [2.05, 4.69) is 10.3 Å². The Morgan fingerprint density at radius 3 is 2.93 bits per heavy atom. The maximum atomic E-state index is 8.73. The highest BCUT2D eigenvalue weighted by atomic mass is 35.5. The quantitative estimate of drug-likeness (QED) is 0.740. The van der Waals surface area contributed by atoms with Crippen LogP contribution in [0.4, 0.5) is 5.82 Å². The summed E-state index contributed by atoms with van der Waals surface area (Å²) in [6.45, 7) is 2.23. The van der Waals surface area contributed by atoms with E-state index in [9.17, 15) is 0 Å². The van der Waals surface area contributed by atoms with Crippen molar-refractivity contribution >= 4 is 17.4 Å². The number of anilines is 1. The van der Waals surface area contributed by atoms with Crippen LogP contribution in [0.3, 0.4) is 0 Å². The van der Waals surface area contributed by atoms with Gasteiger partial charge in [-0.3, -0.25) is 0 Å². The van der Waals surface area contributed by atoms with E-state index >= 15 is 0 Å². The van der Waals surface area contributed by atoms with Crippen molar-refractivity contribution in [3.63, 3.8) is 0 Å². The van der Waals surface area contributed by atoms with E-state index in [1.165, 1.54) is 0 Å². The van der Waals surface area contributed by atoms with E-state index in [1.807, 2.05) is 6.07 Å². The summed E-state index contributed by atoms with van der Waals surface area (Å²) in [6.07, 6.45) is 0. The minimum atomic E-state index is 0.0261. The van der Waals surface area contributed by atoms with E-state index in [1.54, 1.807) is 13.0 Å². The van der Waals surface area contributed by atoms with Crippen LogP contribution in [0.5, 0.6) is 0 Å². The van der Waals surface area contributed by atoms with Gasteiger partial charge in [-0.15, -0.1) is 0 Å². The summed E-state index contributed by atoms with van der Waals surface area (Å²) in [4.78, 5) is 3.96. The predicted octanol–water partition coefficient (Wildman–Crippen LogP) is 1.32. The van der Waals surface area contributed by atoms with Gasteiger partial charge >= 0.3 is 0 Å². The summed E-state index contributed by atoms with van der Waals surface area (Å²) in [5.74, 6) is 0.570. The number of nitriles is 1. The highest BCUT2D eigenvalue weighted by Gasteiger charge is 2.06. The van der Waals surface area contributed by atoms with Gasteiger partial charge in [0.15, 0.2) is 0 Å². The number of hydrogen-bond acceptors (Lipinski definition) is 4. The molecule has 1 aromatic rings. The van der Waals surface area contributed by atoms with Crippen LogP contribution in [-0.2, 0) is 0 Å². The molecule has 4 nitrogen and oxygen atoms in total. The van der Waals surface area contributed by atoms with Crippen LogP contribution in [0.1, 0.15) is 11.1 Å². The molecule has 0 saturated heterocycles. The minimum Gasteiger partial charge on any atom is -0.395 e. The van der Waals surface area contributed by atoms with Crippen molar-refractivity contribution in [1.29, 1.82) is 5.26 Å². The third-order valence-electron chi connectivity index (χ3n) is 1.70. The van der Waals surface area contributed by atoms with E-state index < -0.39 is 0 Å². The first-order valence-corrected chi connectivity index (χ1v) is 4.48. The summed E-state index contributed by atoms with van der Waals surface area (Å²) in [6, 6.07) is 3.70. The highest BCUT2D eigenvalue weighted by Crippen LogP contribution is 2.19. The molecule has 2 N–H and O–H groups in total. The third-order valence-corrected chi connectivity index (χ3v) is 1.98. The number of nitrogens with one attached hydrogen (secondary N) is 1. The minimum absolute atomic E-state index is 0.0261. The molecule has 0 bridgehead atoms. The molecule has 0 amide bonds. The van der Waals surface area contributed by atoms with Gasteiger partial charge in [0.05, 0.1) is 12.2 Å². The Bertz CT molecular complexity index is 350. The number of aliphatic hydroxyl groups excluding tert-OH is 1. The fourth-order valence-electron chi connectivity index (χ4n) is 1.04. The van der Waals surface area contributed by atoms with Gasteiger partial charge in [-0.2, -0.15) is 5.26 Å². The van der Waals surface area contributed by atoms with Crippen LogP contribution in [-0.4, -0.2) is 23.2 Å². The summed E-state index contributed by atoms with van der Waals surface area (Å²) in [5.41, 5.74) is 1.16. The van der Waals surface area contributed by atoms with Crippen molar-refractivity contribution in [2.75, 3.05) is 18.5 Å². The normalized spacial score (nSPS) is 9.57. The first-order valence-electron chi connectivity index (χ1n) is 4.11. The molecule has 0 aliphatic heterocycles. The fourth-order valence-corrected chi connectivity index (χ4v) is 1.33. The molecule has 5 heteroatoms. The SMILES string of the molecule is Cc1cc(NCCO)nc(Cl)c1C#N. The van der Waals surface area contributed by atoms with Crippen LogP contribution in [0.2, 0.25) is 5.15 Å². The Balaban J connectivity index is 2.97. The predicted molar refractivity (Wildman–Crippen MR) is 54.3 cm³/mol. The average Bonchev–Trinajstić information content (AvgIpc) is 2.14. The van der Waals surface area contributed by atoms with E-state index in [0.29, 0.717) is 17.9 Å². The number of halogens is 1. The average molecular weight is 212 g/mol. The molecule has 1 aromatic heterocycles. The van der Waals surface area contributed by atoms with Crippen molar-refractivity contribution < 1.29 is 5.11 Å². The Labute approximate surface area is 87.2 Å².